The first-order chi connectivity index (χ1) is 13.6. The van der Waals surface area contributed by atoms with Gasteiger partial charge in [-0.25, -0.2) is 4.79 Å². The van der Waals surface area contributed by atoms with Crippen molar-refractivity contribution in [3.8, 4) is 17.0 Å². The van der Waals surface area contributed by atoms with E-state index in [2.05, 4.69) is 5.16 Å². The van der Waals surface area contributed by atoms with Crippen LogP contribution in [0.25, 0.3) is 16.8 Å². The molecule has 6 nitrogen and oxygen atoms in total. The first-order valence-electron chi connectivity index (χ1n) is 8.68. The van der Waals surface area contributed by atoms with E-state index in [9.17, 15) is 4.79 Å². The number of carbonyl (C=O) groups is 1. The van der Waals surface area contributed by atoms with Crippen molar-refractivity contribution < 1.29 is 23.5 Å². The summed E-state index contributed by atoms with van der Waals surface area (Å²) in [4.78, 5) is 12.1. The molecule has 1 aromatic heterocycles. The van der Waals surface area contributed by atoms with Gasteiger partial charge in [0.25, 0.3) is 0 Å². The third-order valence-corrected chi connectivity index (χ3v) is 4.09. The number of methoxy groups -OCH3 is 2. The fourth-order valence-corrected chi connectivity index (χ4v) is 2.65. The number of benzene rings is 2. The van der Waals surface area contributed by atoms with Crippen LogP contribution in [0.1, 0.15) is 16.9 Å². The van der Waals surface area contributed by atoms with E-state index in [1.54, 1.807) is 18.2 Å². The minimum atomic E-state index is -0.515. The van der Waals surface area contributed by atoms with Crippen LogP contribution >= 0.6 is 0 Å². The molecule has 2 aromatic carbocycles. The molecule has 0 aliphatic heterocycles. The minimum absolute atomic E-state index is 0.164. The molecule has 0 N–H and O–H groups in total. The molecule has 0 fully saturated rings. The summed E-state index contributed by atoms with van der Waals surface area (Å²) in [6.07, 6.45) is 1.33. The van der Waals surface area contributed by atoms with Crippen molar-refractivity contribution in [2.45, 2.75) is 13.5 Å². The predicted molar refractivity (Wildman–Crippen MR) is 104 cm³/mol. The van der Waals surface area contributed by atoms with E-state index in [-0.39, 0.29) is 12.2 Å². The Morgan fingerprint density at radius 1 is 1.11 bits per heavy atom. The van der Waals surface area contributed by atoms with Crippen molar-refractivity contribution in [2.75, 3.05) is 14.2 Å². The number of nitrogens with zero attached hydrogens (tertiary/aromatic N) is 1. The number of aromatic nitrogens is 1. The maximum absolute atomic E-state index is 12.1. The van der Waals surface area contributed by atoms with Gasteiger partial charge in [-0.3, -0.25) is 0 Å². The maximum Gasteiger partial charge on any atom is 0.341 e. The van der Waals surface area contributed by atoms with Crippen LogP contribution in [0.2, 0.25) is 0 Å². The molecular weight excluding hydrogens is 358 g/mol. The van der Waals surface area contributed by atoms with Gasteiger partial charge in [-0.2, -0.15) is 0 Å². The lowest BCUT2D eigenvalue weighted by molar-refractivity contribution is -0.133. The Morgan fingerprint density at radius 3 is 2.57 bits per heavy atom. The average Bonchev–Trinajstić information content (AvgIpc) is 3.20. The number of hydrogen-bond acceptors (Lipinski definition) is 6. The van der Waals surface area contributed by atoms with Crippen LogP contribution in [-0.2, 0) is 20.9 Å². The quantitative estimate of drug-likeness (QED) is 0.344. The van der Waals surface area contributed by atoms with Gasteiger partial charge in [0.2, 0.25) is 0 Å². The summed E-state index contributed by atoms with van der Waals surface area (Å²) in [5.41, 5.74) is 3.71. The number of aryl methyl sites for hydroxylation is 1. The molecule has 0 aliphatic rings. The average molecular weight is 379 g/mol. The summed E-state index contributed by atoms with van der Waals surface area (Å²) in [5.74, 6) is 0.560. The van der Waals surface area contributed by atoms with Gasteiger partial charge in [0.15, 0.2) is 5.76 Å². The van der Waals surface area contributed by atoms with Crippen LogP contribution in [0, 0.1) is 6.92 Å². The lowest BCUT2D eigenvalue weighted by atomic mass is 10.1. The summed E-state index contributed by atoms with van der Waals surface area (Å²) in [5, 5.41) is 4.10. The van der Waals surface area contributed by atoms with E-state index in [1.165, 1.54) is 26.0 Å². The highest BCUT2D eigenvalue weighted by molar-refractivity contribution is 6.16. The van der Waals surface area contributed by atoms with E-state index in [4.69, 9.17) is 18.7 Å². The maximum atomic E-state index is 12.1. The Hall–Kier alpha value is -3.54. The molecule has 0 spiro atoms. The molecular formula is C22H21NO5. The topological polar surface area (TPSA) is 70.8 Å². The van der Waals surface area contributed by atoms with Gasteiger partial charge in [0.05, 0.1) is 20.5 Å². The third kappa shape index (κ3) is 4.40. The lowest BCUT2D eigenvalue weighted by Gasteiger charge is -2.11. The molecule has 6 heteroatoms. The Kier molecular flexibility index (Phi) is 6.11. The zero-order valence-electron chi connectivity index (χ0n) is 16.0. The van der Waals surface area contributed by atoms with Crippen LogP contribution in [0.5, 0.6) is 5.75 Å². The molecule has 0 atom stereocenters. The van der Waals surface area contributed by atoms with Crippen LogP contribution in [0.4, 0.5) is 0 Å². The standard InChI is InChI=1S/C22H21NO5/c1-15-8-10-16(11-9-15)20-12-17(28-23-20)13-27-21-7-5-4-6-18(21)19(14-25-2)22(24)26-3/h4-12,14H,13H2,1-3H3. The van der Waals surface area contributed by atoms with E-state index >= 15 is 0 Å². The van der Waals surface area contributed by atoms with E-state index in [0.29, 0.717) is 17.1 Å². The van der Waals surface area contributed by atoms with E-state index in [0.717, 1.165) is 11.3 Å². The second-order valence-electron chi connectivity index (χ2n) is 6.09. The molecule has 144 valence electrons. The highest BCUT2D eigenvalue weighted by atomic mass is 16.5. The molecule has 0 amide bonds. The Morgan fingerprint density at radius 2 is 1.86 bits per heavy atom. The summed E-state index contributed by atoms with van der Waals surface area (Å²) in [6.45, 7) is 2.20. The molecule has 0 saturated carbocycles. The van der Waals surface area contributed by atoms with Crippen molar-refractivity contribution in [3.05, 3.63) is 77.7 Å². The fourth-order valence-electron chi connectivity index (χ4n) is 2.65. The molecule has 0 bridgehead atoms. The van der Waals surface area contributed by atoms with Gasteiger partial charge in [0.1, 0.15) is 23.6 Å². The lowest BCUT2D eigenvalue weighted by Crippen LogP contribution is -2.06. The molecule has 1 heterocycles. The molecule has 0 unspecified atom stereocenters. The van der Waals surface area contributed by atoms with Crippen LogP contribution in [0.3, 0.4) is 0 Å². The van der Waals surface area contributed by atoms with Crippen molar-refractivity contribution in [1.29, 1.82) is 0 Å². The number of rotatable bonds is 7. The molecule has 3 aromatic rings. The SMILES string of the molecule is COC=C(C(=O)OC)c1ccccc1OCc1cc(-c2ccc(C)cc2)no1. The number of esters is 1. The van der Waals surface area contributed by atoms with Crippen molar-refractivity contribution in [1.82, 2.24) is 5.16 Å². The van der Waals surface area contributed by atoms with Crippen molar-refractivity contribution in [2.24, 2.45) is 0 Å². The Labute approximate surface area is 163 Å². The smallest absolute Gasteiger partial charge is 0.341 e. The van der Waals surface area contributed by atoms with Crippen molar-refractivity contribution >= 4 is 11.5 Å². The van der Waals surface area contributed by atoms with Crippen LogP contribution in [0.15, 0.2) is 65.4 Å². The van der Waals surface area contributed by atoms with E-state index < -0.39 is 5.97 Å². The molecule has 28 heavy (non-hydrogen) atoms. The van der Waals surface area contributed by atoms with Crippen LogP contribution < -0.4 is 4.74 Å². The summed E-state index contributed by atoms with van der Waals surface area (Å²) < 4.78 is 21.1. The zero-order valence-corrected chi connectivity index (χ0v) is 16.0. The second-order valence-corrected chi connectivity index (χ2v) is 6.09. The zero-order chi connectivity index (χ0) is 19.9. The van der Waals surface area contributed by atoms with Crippen molar-refractivity contribution in [3.63, 3.8) is 0 Å². The van der Waals surface area contributed by atoms with Gasteiger partial charge in [-0.15, -0.1) is 0 Å². The monoisotopic (exact) mass is 379 g/mol. The number of hydrogen-bond donors (Lipinski definition) is 0. The van der Waals surface area contributed by atoms with Gasteiger partial charge in [-0.05, 0) is 13.0 Å². The fraction of sp³-hybridized carbons (Fsp3) is 0.182. The Balaban J connectivity index is 1.78. The molecule has 3 rings (SSSR count). The summed E-state index contributed by atoms with van der Waals surface area (Å²) in [6, 6.07) is 17.0. The Bertz CT molecular complexity index is 973. The first-order valence-corrected chi connectivity index (χ1v) is 8.68. The highest BCUT2D eigenvalue weighted by Crippen LogP contribution is 2.28. The summed E-state index contributed by atoms with van der Waals surface area (Å²) >= 11 is 0. The van der Waals surface area contributed by atoms with Gasteiger partial charge < -0.3 is 18.7 Å². The second kappa shape index (κ2) is 8.90. The number of carbonyl (C=O) groups excluding carboxylic acids is 1. The normalized spacial score (nSPS) is 11.2. The summed E-state index contributed by atoms with van der Waals surface area (Å²) in [7, 11) is 2.78. The van der Waals surface area contributed by atoms with Crippen LogP contribution in [-0.4, -0.2) is 25.3 Å². The molecule has 0 aliphatic carbocycles. The van der Waals surface area contributed by atoms with Gasteiger partial charge in [-0.1, -0.05) is 53.2 Å². The molecule has 0 saturated heterocycles. The highest BCUT2D eigenvalue weighted by Gasteiger charge is 2.18. The first kappa shape index (κ1) is 19.2. The van der Waals surface area contributed by atoms with Gasteiger partial charge in [0, 0.05) is 17.2 Å². The number of ether oxygens (including phenoxy) is 3. The van der Waals surface area contributed by atoms with E-state index in [1.807, 2.05) is 43.3 Å². The van der Waals surface area contributed by atoms with Gasteiger partial charge >= 0.3 is 5.97 Å². The molecule has 0 radical (unpaired) electrons. The third-order valence-electron chi connectivity index (χ3n) is 4.09. The minimum Gasteiger partial charge on any atom is -0.503 e. The predicted octanol–water partition coefficient (Wildman–Crippen LogP) is 4.39. The number of para-hydroxylation sites is 1. The largest absolute Gasteiger partial charge is 0.503 e.